The summed E-state index contributed by atoms with van der Waals surface area (Å²) in [6.07, 6.45) is 0. The molecule has 0 unspecified atom stereocenters. The Morgan fingerprint density at radius 3 is 2.59 bits per heavy atom. The second kappa shape index (κ2) is 10.2. The van der Waals surface area contributed by atoms with Crippen LogP contribution in [0.4, 0.5) is 5.69 Å². The van der Waals surface area contributed by atoms with Crippen LogP contribution in [0, 0.1) is 6.92 Å². The average molecular weight is 370 g/mol. The number of hydrogen-bond donors (Lipinski definition) is 1. The van der Waals surface area contributed by atoms with E-state index in [4.69, 9.17) is 9.47 Å². The van der Waals surface area contributed by atoms with Crippen molar-refractivity contribution in [3.05, 3.63) is 59.7 Å². The molecule has 0 aliphatic rings. The smallest absolute Gasteiger partial charge is 0.338 e. The number of rotatable bonds is 9. The SMILES string of the molecule is CCN(CCNC(=O)COC(=O)c1cccc(OC)c1)c1cccc(C)c1. The number of carbonyl (C=O) groups is 2. The van der Waals surface area contributed by atoms with Gasteiger partial charge in [-0.1, -0.05) is 18.2 Å². The molecule has 27 heavy (non-hydrogen) atoms. The first-order valence-electron chi connectivity index (χ1n) is 8.93. The molecule has 6 heteroatoms. The van der Waals surface area contributed by atoms with Gasteiger partial charge in [0.15, 0.2) is 6.61 Å². The summed E-state index contributed by atoms with van der Waals surface area (Å²) in [6.45, 7) is 5.79. The summed E-state index contributed by atoms with van der Waals surface area (Å²) in [6, 6.07) is 14.8. The molecule has 2 aromatic carbocycles. The fraction of sp³-hybridized carbons (Fsp3) is 0.333. The van der Waals surface area contributed by atoms with Gasteiger partial charge in [-0.15, -0.1) is 0 Å². The number of carbonyl (C=O) groups excluding carboxylic acids is 2. The van der Waals surface area contributed by atoms with E-state index in [1.54, 1.807) is 24.3 Å². The van der Waals surface area contributed by atoms with Gasteiger partial charge < -0.3 is 19.7 Å². The van der Waals surface area contributed by atoms with Gasteiger partial charge in [-0.3, -0.25) is 4.79 Å². The zero-order valence-corrected chi connectivity index (χ0v) is 16.0. The molecule has 0 saturated carbocycles. The normalized spacial score (nSPS) is 10.2. The number of nitrogens with one attached hydrogen (secondary N) is 1. The highest BCUT2D eigenvalue weighted by Gasteiger charge is 2.11. The van der Waals surface area contributed by atoms with E-state index in [0.717, 1.165) is 12.2 Å². The number of amides is 1. The number of ether oxygens (including phenoxy) is 2. The van der Waals surface area contributed by atoms with Gasteiger partial charge in [0.25, 0.3) is 5.91 Å². The van der Waals surface area contributed by atoms with Crippen molar-refractivity contribution >= 4 is 17.6 Å². The van der Waals surface area contributed by atoms with Gasteiger partial charge in [0.05, 0.1) is 12.7 Å². The molecule has 0 aromatic heterocycles. The van der Waals surface area contributed by atoms with Crippen molar-refractivity contribution in [3.8, 4) is 5.75 Å². The molecule has 0 bridgehead atoms. The number of nitrogens with zero attached hydrogens (tertiary/aromatic N) is 1. The lowest BCUT2D eigenvalue weighted by Crippen LogP contribution is -2.36. The van der Waals surface area contributed by atoms with Gasteiger partial charge in [0, 0.05) is 25.3 Å². The Labute approximate surface area is 160 Å². The van der Waals surface area contributed by atoms with Gasteiger partial charge >= 0.3 is 5.97 Å². The molecule has 0 aliphatic carbocycles. The van der Waals surface area contributed by atoms with Crippen LogP contribution in [0.2, 0.25) is 0 Å². The van der Waals surface area contributed by atoms with Gasteiger partial charge in [-0.25, -0.2) is 4.79 Å². The largest absolute Gasteiger partial charge is 0.497 e. The van der Waals surface area contributed by atoms with Crippen LogP contribution in [0.1, 0.15) is 22.8 Å². The van der Waals surface area contributed by atoms with Gasteiger partial charge in [0.2, 0.25) is 0 Å². The Balaban J connectivity index is 1.76. The molecule has 1 amide bonds. The molecule has 0 heterocycles. The predicted molar refractivity (Wildman–Crippen MR) is 105 cm³/mol. The van der Waals surface area contributed by atoms with E-state index in [0.29, 0.717) is 24.4 Å². The third-order valence-electron chi connectivity index (χ3n) is 4.09. The third-order valence-corrected chi connectivity index (χ3v) is 4.09. The quantitative estimate of drug-likeness (QED) is 0.688. The number of anilines is 1. The van der Waals surface area contributed by atoms with Crippen LogP contribution >= 0.6 is 0 Å². The molecule has 0 spiro atoms. The van der Waals surface area contributed by atoms with Crippen molar-refractivity contribution in [1.29, 1.82) is 0 Å². The summed E-state index contributed by atoms with van der Waals surface area (Å²) in [5, 5.41) is 2.78. The van der Waals surface area contributed by atoms with Crippen molar-refractivity contribution in [1.82, 2.24) is 5.32 Å². The minimum atomic E-state index is -0.556. The lowest BCUT2D eigenvalue weighted by molar-refractivity contribution is -0.124. The fourth-order valence-electron chi connectivity index (χ4n) is 2.64. The second-order valence-electron chi connectivity index (χ2n) is 6.08. The molecule has 0 fully saturated rings. The van der Waals surface area contributed by atoms with Crippen molar-refractivity contribution < 1.29 is 19.1 Å². The van der Waals surface area contributed by atoms with Crippen LogP contribution in [0.25, 0.3) is 0 Å². The highest BCUT2D eigenvalue weighted by atomic mass is 16.5. The van der Waals surface area contributed by atoms with Gasteiger partial charge in [-0.05, 0) is 49.7 Å². The monoisotopic (exact) mass is 370 g/mol. The van der Waals surface area contributed by atoms with E-state index >= 15 is 0 Å². The number of aryl methyl sites for hydroxylation is 1. The van der Waals surface area contributed by atoms with Crippen molar-refractivity contribution in [2.45, 2.75) is 13.8 Å². The number of hydrogen-bond acceptors (Lipinski definition) is 5. The van der Waals surface area contributed by atoms with Crippen molar-refractivity contribution in [2.75, 3.05) is 38.3 Å². The number of esters is 1. The summed E-state index contributed by atoms with van der Waals surface area (Å²) in [5.41, 5.74) is 2.66. The summed E-state index contributed by atoms with van der Waals surface area (Å²) in [5.74, 6) is -0.324. The maximum Gasteiger partial charge on any atom is 0.338 e. The minimum Gasteiger partial charge on any atom is -0.497 e. The van der Waals surface area contributed by atoms with E-state index in [2.05, 4.69) is 36.2 Å². The van der Waals surface area contributed by atoms with Gasteiger partial charge in [0.1, 0.15) is 5.75 Å². The van der Waals surface area contributed by atoms with Gasteiger partial charge in [-0.2, -0.15) is 0 Å². The zero-order chi connectivity index (χ0) is 19.6. The Kier molecular flexibility index (Phi) is 7.67. The second-order valence-corrected chi connectivity index (χ2v) is 6.08. The number of methoxy groups -OCH3 is 1. The van der Waals surface area contributed by atoms with E-state index in [-0.39, 0.29) is 12.5 Å². The van der Waals surface area contributed by atoms with Crippen LogP contribution in [0.15, 0.2) is 48.5 Å². The molecule has 0 atom stereocenters. The van der Waals surface area contributed by atoms with E-state index in [1.165, 1.54) is 12.7 Å². The van der Waals surface area contributed by atoms with E-state index < -0.39 is 5.97 Å². The van der Waals surface area contributed by atoms with E-state index in [1.807, 2.05) is 12.1 Å². The first-order chi connectivity index (χ1) is 13.0. The lowest BCUT2D eigenvalue weighted by Gasteiger charge is -2.23. The molecule has 1 N–H and O–H groups in total. The summed E-state index contributed by atoms with van der Waals surface area (Å²) < 4.78 is 10.1. The topological polar surface area (TPSA) is 67.9 Å². The average Bonchev–Trinajstić information content (AvgIpc) is 2.69. The Hall–Kier alpha value is -3.02. The van der Waals surface area contributed by atoms with Crippen LogP contribution in [-0.4, -0.2) is 45.2 Å². The third kappa shape index (κ3) is 6.33. The minimum absolute atomic E-state index is 0.313. The molecule has 0 radical (unpaired) electrons. The maximum absolute atomic E-state index is 12.0. The highest BCUT2D eigenvalue weighted by molar-refractivity contribution is 5.91. The van der Waals surface area contributed by atoms with Crippen molar-refractivity contribution in [3.63, 3.8) is 0 Å². The first-order valence-corrected chi connectivity index (χ1v) is 8.93. The molecular weight excluding hydrogens is 344 g/mol. The Morgan fingerprint density at radius 1 is 1.11 bits per heavy atom. The fourth-order valence-corrected chi connectivity index (χ4v) is 2.64. The first kappa shape index (κ1) is 20.3. The highest BCUT2D eigenvalue weighted by Crippen LogP contribution is 2.15. The molecule has 2 aromatic rings. The molecular formula is C21H26N2O4. The number of likely N-dealkylation sites (N-methyl/N-ethyl adjacent to an activating group) is 1. The van der Waals surface area contributed by atoms with Crippen molar-refractivity contribution in [2.24, 2.45) is 0 Å². The Morgan fingerprint density at radius 2 is 1.89 bits per heavy atom. The van der Waals surface area contributed by atoms with Crippen LogP contribution in [0.3, 0.4) is 0 Å². The molecule has 144 valence electrons. The van der Waals surface area contributed by atoms with Crippen LogP contribution < -0.4 is 15.0 Å². The Bertz CT molecular complexity index is 776. The predicted octanol–water partition coefficient (Wildman–Crippen LogP) is 2.80. The maximum atomic E-state index is 12.0. The summed E-state index contributed by atoms with van der Waals surface area (Å²) in [4.78, 5) is 26.1. The summed E-state index contributed by atoms with van der Waals surface area (Å²) in [7, 11) is 1.52. The number of benzene rings is 2. The molecule has 0 saturated heterocycles. The summed E-state index contributed by atoms with van der Waals surface area (Å²) >= 11 is 0. The van der Waals surface area contributed by atoms with Crippen LogP contribution in [-0.2, 0) is 9.53 Å². The molecule has 2 rings (SSSR count). The van der Waals surface area contributed by atoms with E-state index in [9.17, 15) is 9.59 Å². The van der Waals surface area contributed by atoms with Crippen LogP contribution in [0.5, 0.6) is 5.75 Å². The standard InChI is InChI=1S/C21H26N2O4/c1-4-23(18-9-5-7-16(2)13-18)12-11-22-20(24)15-27-21(25)17-8-6-10-19(14-17)26-3/h5-10,13-14H,4,11-12,15H2,1-3H3,(H,22,24). The lowest BCUT2D eigenvalue weighted by atomic mass is 10.2. The molecule has 6 nitrogen and oxygen atoms in total. The zero-order valence-electron chi connectivity index (χ0n) is 16.0. The molecule has 0 aliphatic heterocycles.